The maximum absolute atomic E-state index is 11.1. The molecule has 2 N–H and O–H groups in total. The number of aliphatic hydroxyl groups is 1. The normalized spacial score (nSPS) is 18.0. The number of benzene rings is 1. The number of rotatable bonds is 5. The summed E-state index contributed by atoms with van der Waals surface area (Å²) in [7, 11) is 0. The van der Waals surface area contributed by atoms with Crippen molar-refractivity contribution in [2.24, 2.45) is 0 Å². The second-order valence-corrected chi connectivity index (χ2v) is 5.59. The summed E-state index contributed by atoms with van der Waals surface area (Å²) in [4.78, 5) is 12.5. The van der Waals surface area contributed by atoms with E-state index >= 15 is 0 Å². The molecule has 2 heterocycles. The van der Waals surface area contributed by atoms with Gasteiger partial charge < -0.3 is 19.3 Å². The second kappa shape index (κ2) is 6.39. The molecule has 5 heteroatoms. The summed E-state index contributed by atoms with van der Waals surface area (Å²) < 4.78 is 7.30. The number of morpholine rings is 1. The van der Waals surface area contributed by atoms with E-state index in [9.17, 15) is 9.90 Å². The Morgan fingerprint density at radius 2 is 2.10 bits per heavy atom. The van der Waals surface area contributed by atoms with Gasteiger partial charge in [-0.05, 0) is 6.07 Å². The Labute approximate surface area is 123 Å². The minimum absolute atomic E-state index is 0.423. The number of aliphatic hydroxyl groups excluding tert-OH is 1. The highest BCUT2D eigenvalue weighted by Crippen LogP contribution is 2.20. The minimum Gasteiger partial charge on any atom is -0.385 e. The van der Waals surface area contributed by atoms with Crippen LogP contribution in [0.25, 0.3) is 10.9 Å². The third-order valence-electron chi connectivity index (χ3n) is 4.08. The number of para-hydroxylation sites is 1. The monoisotopic (exact) mass is 289 g/mol. The maximum Gasteiger partial charge on any atom is 0.152 e. The number of aldehydes is 1. The van der Waals surface area contributed by atoms with Crippen LogP contribution in [0, 0.1) is 0 Å². The van der Waals surface area contributed by atoms with Gasteiger partial charge in [0, 0.05) is 22.7 Å². The van der Waals surface area contributed by atoms with Crippen LogP contribution in [-0.4, -0.2) is 54.9 Å². The predicted octanol–water partition coefficient (Wildman–Crippen LogP) is -0.270. The van der Waals surface area contributed by atoms with Gasteiger partial charge in [-0.3, -0.25) is 4.79 Å². The fourth-order valence-corrected chi connectivity index (χ4v) is 3.01. The van der Waals surface area contributed by atoms with E-state index in [2.05, 4.69) is 0 Å². The number of nitrogens with one attached hydrogen (secondary N) is 1. The van der Waals surface area contributed by atoms with E-state index in [-0.39, 0.29) is 0 Å². The fourth-order valence-electron chi connectivity index (χ4n) is 3.01. The van der Waals surface area contributed by atoms with Crippen LogP contribution in [0.1, 0.15) is 10.4 Å². The Kier molecular flexibility index (Phi) is 4.34. The summed E-state index contributed by atoms with van der Waals surface area (Å²) in [5, 5.41) is 11.3. The van der Waals surface area contributed by atoms with Crippen LogP contribution in [0.4, 0.5) is 0 Å². The molecule has 1 aromatic carbocycles. The highest BCUT2D eigenvalue weighted by molar-refractivity contribution is 5.97. The Balaban J connectivity index is 1.73. The Morgan fingerprint density at radius 3 is 2.86 bits per heavy atom. The first-order valence-electron chi connectivity index (χ1n) is 7.40. The fraction of sp³-hybridized carbons (Fsp3) is 0.438. The third kappa shape index (κ3) is 3.15. The molecule has 0 amide bonds. The number of quaternary nitrogens is 1. The summed E-state index contributed by atoms with van der Waals surface area (Å²) in [5.74, 6) is 0. The van der Waals surface area contributed by atoms with Gasteiger partial charge in [0.2, 0.25) is 0 Å². The standard InChI is InChI=1S/C16H20N2O3/c19-12-13-9-18(16-4-2-1-3-15(13)16)11-14(20)10-17-5-7-21-8-6-17/h1-4,9,12,14,20H,5-8,10-11H2/p+1/t14-/m1/s1. The summed E-state index contributed by atoms with van der Waals surface area (Å²) in [6.07, 6.45) is 2.28. The SMILES string of the molecule is O=Cc1cn(C[C@H](O)C[NH+]2CCOCC2)c2ccccc12. The zero-order valence-corrected chi connectivity index (χ0v) is 12.0. The minimum atomic E-state index is -0.423. The molecule has 21 heavy (non-hydrogen) atoms. The molecule has 0 spiro atoms. The number of hydrogen-bond donors (Lipinski definition) is 2. The van der Waals surface area contributed by atoms with Crippen molar-refractivity contribution in [2.75, 3.05) is 32.8 Å². The summed E-state index contributed by atoms with van der Waals surface area (Å²) >= 11 is 0. The molecule has 0 aliphatic carbocycles. The van der Waals surface area contributed by atoms with E-state index in [1.807, 2.05) is 35.0 Å². The quantitative estimate of drug-likeness (QED) is 0.745. The molecule has 5 nitrogen and oxygen atoms in total. The highest BCUT2D eigenvalue weighted by Gasteiger charge is 2.19. The van der Waals surface area contributed by atoms with Crippen LogP contribution < -0.4 is 4.90 Å². The Hall–Kier alpha value is -1.69. The number of ether oxygens (including phenoxy) is 1. The van der Waals surface area contributed by atoms with Crippen molar-refractivity contribution in [3.05, 3.63) is 36.0 Å². The van der Waals surface area contributed by atoms with Gasteiger partial charge >= 0.3 is 0 Å². The highest BCUT2D eigenvalue weighted by atomic mass is 16.5. The van der Waals surface area contributed by atoms with E-state index in [1.165, 1.54) is 4.90 Å². The summed E-state index contributed by atoms with van der Waals surface area (Å²) in [5.41, 5.74) is 1.67. The molecule has 1 atom stereocenters. The third-order valence-corrected chi connectivity index (χ3v) is 4.08. The molecule has 0 radical (unpaired) electrons. The molecular formula is C16H21N2O3+. The summed E-state index contributed by atoms with van der Waals surface area (Å²) in [6, 6.07) is 7.80. The van der Waals surface area contributed by atoms with E-state index < -0.39 is 6.10 Å². The Morgan fingerprint density at radius 1 is 1.33 bits per heavy atom. The Bertz CT molecular complexity index is 617. The van der Waals surface area contributed by atoms with Crippen LogP contribution in [-0.2, 0) is 11.3 Å². The van der Waals surface area contributed by atoms with Crippen LogP contribution in [0.2, 0.25) is 0 Å². The number of hydrogen-bond acceptors (Lipinski definition) is 3. The van der Waals surface area contributed by atoms with Crippen molar-refractivity contribution in [1.29, 1.82) is 0 Å². The molecule has 1 aromatic heterocycles. The molecule has 0 saturated carbocycles. The lowest BCUT2D eigenvalue weighted by atomic mass is 10.2. The zero-order valence-electron chi connectivity index (χ0n) is 12.0. The molecule has 1 aliphatic heterocycles. The molecule has 0 bridgehead atoms. The predicted molar refractivity (Wildman–Crippen MR) is 79.7 cm³/mol. The van der Waals surface area contributed by atoms with Crippen molar-refractivity contribution in [3.63, 3.8) is 0 Å². The van der Waals surface area contributed by atoms with Crippen LogP contribution in [0.15, 0.2) is 30.5 Å². The van der Waals surface area contributed by atoms with Gasteiger partial charge in [0.15, 0.2) is 6.29 Å². The van der Waals surface area contributed by atoms with Crippen molar-refractivity contribution >= 4 is 17.2 Å². The molecule has 3 rings (SSSR count). The van der Waals surface area contributed by atoms with Crippen LogP contribution in [0.5, 0.6) is 0 Å². The van der Waals surface area contributed by atoms with Gasteiger partial charge in [0.25, 0.3) is 0 Å². The van der Waals surface area contributed by atoms with Gasteiger partial charge in [0.1, 0.15) is 25.7 Å². The molecule has 112 valence electrons. The first-order chi connectivity index (χ1) is 10.3. The largest absolute Gasteiger partial charge is 0.385 e. The molecule has 1 saturated heterocycles. The number of aromatic nitrogens is 1. The molecule has 1 aliphatic rings. The number of fused-ring (bicyclic) bond motifs is 1. The van der Waals surface area contributed by atoms with E-state index in [4.69, 9.17) is 4.74 Å². The van der Waals surface area contributed by atoms with Gasteiger partial charge in [-0.1, -0.05) is 18.2 Å². The maximum atomic E-state index is 11.1. The average Bonchev–Trinajstić information content (AvgIpc) is 2.86. The van der Waals surface area contributed by atoms with Crippen molar-refractivity contribution < 1.29 is 19.5 Å². The van der Waals surface area contributed by atoms with Crippen molar-refractivity contribution in [3.8, 4) is 0 Å². The van der Waals surface area contributed by atoms with E-state index in [0.29, 0.717) is 18.7 Å². The number of carbonyl (C=O) groups excluding carboxylic acids is 1. The molecular weight excluding hydrogens is 268 g/mol. The lowest BCUT2D eigenvalue weighted by Crippen LogP contribution is -3.15. The average molecular weight is 289 g/mol. The second-order valence-electron chi connectivity index (χ2n) is 5.59. The van der Waals surface area contributed by atoms with Gasteiger partial charge in [-0.2, -0.15) is 0 Å². The van der Waals surface area contributed by atoms with Crippen molar-refractivity contribution in [2.45, 2.75) is 12.6 Å². The lowest BCUT2D eigenvalue weighted by molar-refractivity contribution is -0.911. The topological polar surface area (TPSA) is 55.9 Å². The molecule has 0 unspecified atom stereocenters. The van der Waals surface area contributed by atoms with Gasteiger partial charge in [0.05, 0.1) is 19.8 Å². The van der Waals surface area contributed by atoms with Gasteiger partial charge in [-0.15, -0.1) is 0 Å². The number of carbonyl (C=O) groups is 1. The van der Waals surface area contributed by atoms with E-state index in [0.717, 1.165) is 43.5 Å². The van der Waals surface area contributed by atoms with Crippen LogP contribution in [0.3, 0.4) is 0 Å². The van der Waals surface area contributed by atoms with Crippen molar-refractivity contribution in [1.82, 2.24) is 4.57 Å². The molecule has 2 aromatic rings. The molecule has 1 fully saturated rings. The summed E-state index contributed by atoms with van der Waals surface area (Å²) in [6.45, 7) is 4.66. The van der Waals surface area contributed by atoms with Gasteiger partial charge in [-0.25, -0.2) is 0 Å². The van der Waals surface area contributed by atoms with E-state index in [1.54, 1.807) is 0 Å². The smallest absolute Gasteiger partial charge is 0.152 e. The number of nitrogens with zero attached hydrogens (tertiary/aromatic N) is 1. The lowest BCUT2D eigenvalue weighted by Gasteiger charge is -2.26. The first kappa shape index (κ1) is 14.3. The zero-order chi connectivity index (χ0) is 14.7. The van der Waals surface area contributed by atoms with Crippen LogP contribution >= 0.6 is 0 Å². The first-order valence-corrected chi connectivity index (χ1v) is 7.40.